The van der Waals surface area contributed by atoms with Gasteiger partial charge in [0.2, 0.25) is 0 Å². The van der Waals surface area contributed by atoms with Crippen molar-refractivity contribution in [2.45, 2.75) is 33.8 Å². The summed E-state index contributed by atoms with van der Waals surface area (Å²) < 4.78 is 0. The Bertz CT molecular complexity index is 756. The van der Waals surface area contributed by atoms with Crippen LogP contribution in [0.4, 0.5) is 0 Å². The van der Waals surface area contributed by atoms with Crippen LogP contribution in [0.3, 0.4) is 0 Å². The standard InChI is InChI=1S/C8H10O3.C5H5N.2C4H8N2O2.Co/c9-6-8(11-10)7-4-2-1-3-5-7;1-2-4-6-5-3-1;2*1-3(5-7)4(2)6-8;/h1-5,8-10H,6H2;1-5H;2*7-8H,1-2H3;/q;;;;+2/p-2/b;;2*5-3+,6-4+;. The average Bonchev–Trinajstić information content (AvgIpc) is 2.90. The fourth-order valence-corrected chi connectivity index (χ4v) is 1.46. The predicted octanol–water partition coefficient (Wildman–Crippen LogP) is 3.88. The van der Waals surface area contributed by atoms with Crippen molar-refractivity contribution in [2.75, 3.05) is 6.61 Å². The van der Waals surface area contributed by atoms with Gasteiger partial charge in [0.15, 0.2) is 0 Å². The van der Waals surface area contributed by atoms with Crippen LogP contribution in [-0.4, -0.2) is 55.2 Å². The van der Waals surface area contributed by atoms with E-state index in [2.05, 4.69) is 30.5 Å². The van der Waals surface area contributed by atoms with E-state index in [-0.39, 0.29) is 46.2 Å². The normalized spacial score (nSPS) is 12.3. The number of hydrogen-bond donors (Lipinski definition) is 4. The van der Waals surface area contributed by atoms with E-state index in [9.17, 15) is 10.4 Å². The summed E-state index contributed by atoms with van der Waals surface area (Å²) in [7, 11) is 0. The zero-order chi connectivity index (χ0) is 25.5. The van der Waals surface area contributed by atoms with Crippen molar-refractivity contribution in [1.82, 2.24) is 4.98 Å². The van der Waals surface area contributed by atoms with Crippen LogP contribution in [-0.2, 0) is 21.7 Å². The molecule has 12 nitrogen and oxygen atoms in total. The first-order chi connectivity index (χ1) is 15.8. The molecule has 2 rings (SSSR count). The third-order valence-corrected chi connectivity index (χ3v) is 3.65. The summed E-state index contributed by atoms with van der Waals surface area (Å²) in [6.07, 6.45) is 2.87. The van der Waals surface area contributed by atoms with Gasteiger partial charge in [-0.1, -0.05) is 46.7 Å². The van der Waals surface area contributed by atoms with E-state index < -0.39 is 6.10 Å². The second-order valence-electron chi connectivity index (χ2n) is 5.94. The summed E-state index contributed by atoms with van der Waals surface area (Å²) >= 11 is 0. The third kappa shape index (κ3) is 18.2. The van der Waals surface area contributed by atoms with E-state index >= 15 is 0 Å². The summed E-state index contributed by atoms with van der Waals surface area (Å²) in [4.78, 5) is 7.82. The molecule has 1 atom stereocenters. The first-order valence-corrected chi connectivity index (χ1v) is 9.35. The van der Waals surface area contributed by atoms with Gasteiger partial charge in [-0.2, -0.15) is 0 Å². The summed E-state index contributed by atoms with van der Waals surface area (Å²) in [6.45, 7) is 5.72. The molecule has 13 heteroatoms. The molecule has 0 saturated heterocycles. The molecule has 1 aromatic heterocycles. The summed E-state index contributed by atoms with van der Waals surface area (Å²) in [5, 5.41) is 62.8. The molecule has 4 N–H and O–H groups in total. The number of aliphatic hydroxyl groups excluding tert-OH is 1. The van der Waals surface area contributed by atoms with Crippen LogP contribution in [0.1, 0.15) is 39.4 Å². The first kappa shape index (κ1) is 35.2. The van der Waals surface area contributed by atoms with Crippen LogP contribution in [0.2, 0.25) is 0 Å². The monoisotopic (exact) mass is 522 g/mol. The molecule has 0 spiro atoms. The van der Waals surface area contributed by atoms with Crippen LogP contribution in [0.25, 0.3) is 0 Å². The molecule has 1 aromatic carbocycles. The Morgan fingerprint density at radius 2 is 1.24 bits per heavy atom. The van der Waals surface area contributed by atoms with Gasteiger partial charge >= 0.3 is 16.8 Å². The minimum absolute atomic E-state index is 0. The SMILES string of the molecule is CC(=N\[O-])/C(C)=N/O.CC(=N\[O-])/C(C)=N/O.OCC(OO)c1ccccc1.[Co+2].c1ccncc1. The third-order valence-electron chi connectivity index (χ3n) is 3.65. The van der Waals surface area contributed by atoms with Gasteiger partial charge in [-0.3, -0.25) is 10.2 Å². The van der Waals surface area contributed by atoms with Gasteiger partial charge in [0, 0.05) is 12.4 Å². The number of aliphatic hydroxyl groups is 1. The fraction of sp³-hybridized carbons (Fsp3) is 0.286. The van der Waals surface area contributed by atoms with Crippen LogP contribution < -0.4 is 0 Å². The number of benzene rings is 1. The second kappa shape index (κ2) is 24.3. The molecule has 189 valence electrons. The van der Waals surface area contributed by atoms with Crippen molar-refractivity contribution in [2.24, 2.45) is 20.6 Å². The molecule has 34 heavy (non-hydrogen) atoms. The van der Waals surface area contributed by atoms with E-state index in [1.807, 2.05) is 36.4 Å². The van der Waals surface area contributed by atoms with Crippen molar-refractivity contribution in [1.29, 1.82) is 0 Å². The maximum Gasteiger partial charge on any atom is 2.00 e. The van der Waals surface area contributed by atoms with Crippen molar-refractivity contribution >= 4 is 22.8 Å². The zero-order valence-electron chi connectivity index (χ0n) is 19.1. The largest absolute Gasteiger partial charge is 2.00 e. The van der Waals surface area contributed by atoms with Crippen molar-refractivity contribution in [3.63, 3.8) is 0 Å². The van der Waals surface area contributed by atoms with E-state index in [1.165, 1.54) is 27.7 Å². The molecule has 0 aliphatic heterocycles. The molecule has 0 bridgehead atoms. The van der Waals surface area contributed by atoms with E-state index in [4.69, 9.17) is 20.8 Å². The van der Waals surface area contributed by atoms with E-state index in [0.29, 0.717) is 0 Å². The van der Waals surface area contributed by atoms with Gasteiger partial charge in [-0.15, -0.1) is 0 Å². The Balaban J connectivity index is -0.000000382. The Morgan fingerprint density at radius 3 is 1.44 bits per heavy atom. The quantitative estimate of drug-likeness (QED) is 0.196. The van der Waals surface area contributed by atoms with Crippen LogP contribution in [0, 0.1) is 10.4 Å². The van der Waals surface area contributed by atoms with Gasteiger partial charge < -0.3 is 36.2 Å². The molecule has 0 aliphatic carbocycles. The van der Waals surface area contributed by atoms with E-state index in [0.717, 1.165) is 5.56 Å². The number of hydrogen-bond acceptors (Lipinski definition) is 12. The van der Waals surface area contributed by atoms with Gasteiger partial charge in [0.05, 0.1) is 29.5 Å². The van der Waals surface area contributed by atoms with Gasteiger partial charge in [0.1, 0.15) is 6.10 Å². The second-order valence-corrected chi connectivity index (χ2v) is 5.94. The fourth-order valence-electron chi connectivity index (χ4n) is 1.46. The molecule has 2 aromatic rings. The van der Waals surface area contributed by atoms with Crippen molar-refractivity contribution in [3.05, 3.63) is 76.9 Å². The Morgan fingerprint density at radius 1 is 0.824 bits per heavy atom. The number of aromatic nitrogens is 1. The Labute approximate surface area is 208 Å². The molecule has 1 radical (unpaired) electrons. The first-order valence-electron chi connectivity index (χ1n) is 9.35. The van der Waals surface area contributed by atoms with Crippen LogP contribution in [0.5, 0.6) is 0 Å². The Kier molecular flexibility index (Phi) is 25.2. The molecule has 0 saturated carbocycles. The molecule has 0 fully saturated rings. The number of nitrogens with zero attached hydrogens (tertiary/aromatic N) is 5. The summed E-state index contributed by atoms with van der Waals surface area (Å²) in [5.41, 5.74) is 1.66. The topological polar surface area (TPSA) is 199 Å². The zero-order valence-corrected chi connectivity index (χ0v) is 20.2. The summed E-state index contributed by atoms with van der Waals surface area (Å²) in [5.74, 6) is 0. The molecule has 1 heterocycles. The van der Waals surface area contributed by atoms with Crippen LogP contribution in [0.15, 0.2) is 81.5 Å². The molecule has 0 aliphatic rings. The summed E-state index contributed by atoms with van der Waals surface area (Å²) in [6, 6.07) is 14.8. The average molecular weight is 522 g/mol. The minimum Gasteiger partial charge on any atom is -0.792 e. The maximum absolute atomic E-state index is 9.63. The number of rotatable bonds is 5. The molecule has 1 unspecified atom stereocenters. The van der Waals surface area contributed by atoms with Gasteiger partial charge in [-0.05, 0) is 45.4 Å². The van der Waals surface area contributed by atoms with Gasteiger partial charge in [-0.25, -0.2) is 4.89 Å². The number of oxime groups is 2. The molecule has 0 amide bonds. The Hall–Kier alpha value is -3.36. The molecular formula is C21H29CoN5O7. The maximum atomic E-state index is 9.63. The number of pyridine rings is 1. The van der Waals surface area contributed by atoms with E-state index in [1.54, 1.807) is 24.5 Å². The molecular weight excluding hydrogens is 493 g/mol. The van der Waals surface area contributed by atoms with Gasteiger partial charge in [0.25, 0.3) is 0 Å². The van der Waals surface area contributed by atoms with Crippen molar-refractivity contribution < 1.29 is 42.4 Å². The van der Waals surface area contributed by atoms with Crippen LogP contribution >= 0.6 is 0 Å². The smallest absolute Gasteiger partial charge is 0.792 e. The van der Waals surface area contributed by atoms with Crippen molar-refractivity contribution in [3.8, 4) is 0 Å². The minimum atomic E-state index is -0.629. The predicted molar refractivity (Wildman–Crippen MR) is 127 cm³/mol.